The largest absolute Gasteiger partial charge is 0.497 e. The first-order chi connectivity index (χ1) is 12.5. The molecule has 4 nitrogen and oxygen atoms in total. The van der Waals surface area contributed by atoms with E-state index in [0.29, 0.717) is 0 Å². The number of benzene rings is 2. The van der Waals surface area contributed by atoms with E-state index in [1.165, 1.54) is 16.7 Å². The molecule has 0 bridgehead atoms. The quantitative estimate of drug-likeness (QED) is 0.827. The number of nitrogens with one attached hydrogen (secondary N) is 1. The summed E-state index contributed by atoms with van der Waals surface area (Å²) in [5.41, 5.74) is 4.96. The van der Waals surface area contributed by atoms with Gasteiger partial charge in [-0.2, -0.15) is 0 Å². The highest BCUT2D eigenvalue weighted by Crippen LogP contribution is 2.17. The minimum Gasteiger partial charge on any atom is -0.497 e. The highest BCUT2D eigenvalue weighted by Gasteiger charge is 2.19. The third-order valence-electron chi connectivity index (χ3n) is 4.98. The average Bonchev–Trinajstić information content (AvgIpc) is 2.66. The molecule has 5 heteroatoms. The van der Waals surface area contributed by atoms with Crippen molar-refractivity contribution in [3.8, 4) is 5.75 Å². The van der Waals surface area contributed by atoms with Gasteiger partial charge in [0.25, 0.3) is 0 Å². The van der Waals surface area contributed by atoms with Gasteiger partial charge in [-0.05, 0) is 67.0 Å². The first-order valence-corrected chi connectivity index (χ1v) is 9.44. The Morgan fingerprint density at radius 3 is 2.31 bits per heavy atom. The SMILES string of the molecule is COc1ccc(CN2CCN(C(=S)Nc3ccc(C)c(C)c3)CC2)cc1. The fourth-order valence-electron chi connectivity index (χ4n) is 3.12. The van der Waals surface area contributed by atoms with Crippen LogP contribution in [-0.2, 0) is 6.54 Å². The van der Waals surface area contributed by atoms with Crippen molar-refractivity contribution in [1.29, 1.82) is 0 Å². The van der Waals surface area contributed by atoms with Crippen molar-refractivity contribution >= 4 is 23.0 Å². The summed E-state index contributed by atoms with van der Waals surface area (Å²) in [5.74, 6) is 0.904. The van der Waals surface area contributed by atoms with E-state index in [4.69, 9.17) is 17.0 Å². The van der Waals surface area contributed by atoms with E-state index < -0.39 is 0 Å². The van der Waals surface area contributed by atoms with Gasteiger partial charge in [0.05, 0.1) is 7.11 Å². The van der Waals surface area contributed by atoms with Gasteiger partial charge in [0.15, 0.2) is 5.11 Å². The molecule has 1 aliphatic heterocycles. The fourth-order valence-corrected chi connectivity index (χ4v) is 3.42. The zero-order valence-corrected chi connectivity index (χ0v) is 16.6. The summed E-state index contributed by atoms with van der Waals surface area (Å²) in [5, 5.41) is 4.20. The van der Waals surface area contributed by atoms with E-state index in [1.54, 1.807) is 7.11 Å². The summed E-state index contributed by atoms with van der Waals surface area (Å²) in [4.78, 5) is 4.73. The minimum atomic E-state index is 0.817. The molecule has 2 aromatic carbocycles. The second-order valence-electron chi connectivity index (χ2n) is 6.84. The highest BCUT2D eigenvalue weighted by molar-refractivity contribution is 7.80. The van der Waals surface area contributed by atoms with Crippen molar-refractivity contribution in [2.45, 2.75) is 20.4 Å². The summed E-state index contributed by atoms with van der Waals surface area (Å²) >= 11 is 5.61. The second kappa shape index (κ2) is 8.52. The van der Waals surface area contributed by atoms with Crippen LogP contribution in [0.25, 0.3) is 0 Å². The van der Waals surface area contributed by atoms with E-state index in [1.807, 2.05) is 12.1 Å². The third-order valence-corrected chi connectivity index (χ3v) is 5.34. The van der Waals surface area contributed by atoms with Crippen molar-refractivity contribution in [2.24, 2.45) is 0 Å². The van der Waals surface area contributed by atoms with Crippen LogP contribution in [0.4, 0.5) is 5.69 Å². The molecule has 0 radical (unpaired) electrons. The highest BCUT2D eigenvalue weighted by atomic mass is 32.1. The van der Waals surface area contributed by atoms with Crippen LogP contribution in [0, 0.1) is 13.8 Å². The summed E-state index contributed by atoms with van der Waals surface area (Å²) < 4.78 is 5.22. The van der Waals surface area contributed by atoms with Crippen LogP contribution >= 0.6 is 12.2 Å². The van der Waals surface area contributed by atoms with Crippen molar-refractivity contribution in [3.05, 3.63) is 59.2 Å². The first-order valence-electron chi connectivity index (χ1n) is 9.03. The van der Waals surface area contributed by atoms with E-state index in [-0.39, 0.29) is 0 Å². The Labute approximate surface area is 161 Å². The van der Waals surface area contributed by atoms with Crippen molar-refractivity contribution in [2.75, 3.05) is 38.6 Å². The summed E-state index contributed by atoms with van der Waals surface area (Å²) in [6.45, 7) is 9.15. The molecule has 2 aromatic rings. The van der Waals surface area contributed by atoms with Crippen LogP contribution in [0.1, 0.15) is 16.7 Å². The van der Waals surface area contributed by atoms with E-state index in [0.717, 1.165) is 49.3 Å². The van der Waals surface area contributed by atoms with Crippen LogP contribution in [0.3, 0.4) is 0 Å². The number of anilines is 1. The molecule has 0 aromatic heterocycles. The average molecular weight is 370 g/mol. The van der Waals surface area contributed by atoms with Gasteiger partial charge in [-0.1, -0.05) is 18.2 Å². The summed E-state index contributed by atoms with van der Waals surface area (Å²) in [6.07, 6.45) is 0. The molecule has 1 N–H and O–H groups in total. The lowest BCUT2D eigenvalue weighted by atomic mass is 10.1. The molecule has 1 aliphatic rings. The predicted molar refractivity (Wildman–Crippen MR) is 112 cm³/mol. The molecule has 0 atom stereocenters. The standard InChI is InChI=1S/C21H27N3OS/c1-16-4-7-19(14-17(16)2)22-21(26)24-12-10-23(11-13-24)15-18-5-8-20(25-3)9-6-18/h4-9,14H,10-13,15H2,1-3H3,(H,22,26). The lowest BCUT2D eigenvalue weighted by Gasteiger charge is -2.36. The number of hydrogen-bond donors (Lipinski definition) is 1. The first kappa shape index (κ1) is 18.7. The summed E-state index contributed by atoms with van der Waals surface area (Å²) in [7, 11) is 1.70. The van der Waals surface area contributed by atoms with Crippen LogP contribution < -0.4 is 10.1 Å². The maximum atomic E-state index is 5.61. The van der Waals surface area contributed by atoms with Crippen molar-refractivity contribution in [1.82, 2.24) is 9.80 Å². The predicted octanol–water partition coefficient (Wildman–Crippen LogP) is 3.83. The van der Waals surface area contributed by atoms with E-state index in [2.05, 4.69) is 59.3 Å². The molecule has 138 valence electrons. The van der Waals surface area contributed by atoms with Crippen LogP contribution in [0.2, 0.25) is 0 Å². The number of nitrogens with zero attached hydrogens (tertiary/aromatic N) is 2. The smallest absolute Gasteiger partial charge is 0.173 e. The molecule has 0 amide bonds. The van der Waals surface area contributed by atoms with E-state index in [9.17, 15) is 0 Å². The Hall–Kier alpha value is -2.11. The van der Waals surface area contributed by atoms with Crippen molar-refractivity contribution in [3.63, 3.8) is 0 Å². The zero-order chi connectivity index (χ0) is 18.5. The Morgan fingerprint density at radius 1 is 1.00 bits per heavy atom. The topological polar surface area (TPSA) is 27.7 Å². The molecule has 26 heavy (non-hydrogen) atoms. The molecular weight excluding hydrogens is 342 g/mol. The lowest BCUT2D eigenvalue weighted by molar-refractivity contribution is 0.177. The van der Waals surface area contributed by atoms with E-state index >= 15 is 0 Å². The van der Waals surface area contributed by atoms with Gasteiger partial charge in [-0.25, -0.2) is 0 Å². The second-order valence-corrected chi connectivity index (χ2v) is 7.23. The van der Waals surface area contributed by atoms with Gasteiger partial charge in [-0.15, -0.1) is 0 Å². The Morgan fingerprint density at radius 2 is 1.69 bits per heavy atom. The van der Waals surface area contributed by atoms with Gasteiger partial charge in [0, 0.05) is 38.4 Å². The molecule has 0 saturated carbocycles. The van der Waals surface area contributed by atoms with Crippen LogP contribution in [0.5, 0.6) is 5.75 Å². The molecule has 0 unspecified atom stereocenters. The maximum Gasteiger partial charge on any atom is 0.173 e. The van der Waals surface area contributed by atoms with Crippen LogP contribution in [-0.4, -0.2) is 48.2 Å². The Kier molecular flexibility index (Phi) is 6.12. The lowest BCUT2D eigenvalue weighted by Crippen LogP contribution is -2.49. The van der Waals surface area contributed by atoms with Crippen molar-refractivity contribution < 1.29 is 4.74 Å². The van der Waals surface area contributed by atoms with Gasteiger partial charge in [-0.3, -0.25) is 4.90 Å². The Bertz CT molecular complexity index is 752. The minimum absolute atomic E-state index is 0.817. The zero-order valence-electron chi connectivity index (χ0n) is 15.8. The number of aryl methyl sites for hydroxylation is 2. The van der Waals surface area contributed by atoms with Crippen LogP contribution in [0.15, 0.2) is 42.5 Å². The number of piperazine rings is 1. The number of thiocarbonyl (C=S) groups is 1. The third kappa shape index (κ3) is 4.74. The monoisotopic (exact) mass is 369 g/mol. The molecule has 1 saturated heterocycles. The van der Waals surface area contributed by atoms with Gasteiger partial charge < -0.3 is 15.0 Å². The number of hydrogen-bond acceptors (Lipinski definition) is 3. The molecule has 0 aliphatic carbocycles. The van der Waals surface area contributed by atoms with Gasteiger partial charge >= 0.3 is 0 Å². The number of rotatable bonds is 4. The fraction of sp³-hybridized carbons (Fsp3) is 0.381. The van der Waals surface area contributed by atoms with Gasteiger partial charge in [0.2, 0.25) is 0 Å². The molecule has 3 rings (SSSR count). The summed E-state index contributed by atoms with van der Waals surface area (Å²) in [6, 6.07) is 14.7. The normalized spacial score (nSPS) is 15.0. The Balaban J connectivity index is 1.49. The maximum absolute atomic E-state index is 5.61. The van der Waals surface area contributed by atoms with Gasteiger partial charge in [0.1, 0.15) is 5.75 Å². The molecular formula is C21H27N3OS. The number of ether oxygens (including phenoxy) is 1. The number of methoxy groups -OCH3 is 1. The molecule has 1 heterocycles. The molecule has 1 fully saturated rings. The molecule has 0 spiro atoms.